The average Bonchev–Trinajstić information content (AvgIpc) is 2.73. The molecule has 0 N–H and O–H groups in total. The van der Waals surface area contributed by atoms with E-state index in [1.54, 1.807) is 6.07 Å². The number of hydrogen-bond donors (Lipinski definition) is 0. The molecule has 27 heavy (non-hydrogen) atoms. The molecule has 1 aromatic carbocycles. The Morgan fingerprint density at radius 1 is 1.19 bits per heavy atom. The topological polar surface area (TPSA) is 82.1 Å². The van der Waals surface area contributed by atoms with E-state index in [0.29, 0.717) is 25.7 Å². The maximum absolute atomic E-state index is 13.0. The second kappa shape index (κ2) is 9.03. The summed E-state index contributed by atoms with van der Waals surface area (Å²) in [6, 6.07) is 4.40. The highest BCUT2D eigenvalue weighted by molar-refractivity contribution is 7.89. The van der Waals surface area contributed by atoms with Gasteiger partial charge in [-0.05, 0) is 37.0 Å². The van der Waals surface area contributed by atoms with E-state index in [1.807, 2.05) is 0 Å². The normalized spacial score (nSPS) is 19.6. The highest BCUT2D eigenvalue weighted by atomic mass is 32.2. The van der Waals surface area contributed by atoms with E-state index in [2.05, 4.69) is 0 Å². The van der Waals surface area contributed by atoms with E-state index in [4.69, 9.17) is 14.2 Å². The third-order valence-corrected chi connectivity index (χ3v) is 7.08. The van der Waals surface area contributed by atoms with Crippen molar-refractivity contribution in [2.75, 3.05) is 40.0 Å². The first-order valence-corrected chi connectivity index (χ1v) is 10.9. The van der Waals surface area contributed by atoms with Gasteiger partial charge >= 0.3 is 5.97 Å². The van der Waals surface area contributed by atoms with Crippen molar-refractivity contribution in [2.45, 2.75) is 37.0 Å². The monoisotopic (exact) mass is 397 g/mol. The number of ether oxygens (including phenoxy) is 3. The van der Waals surface area contributed by atoms with E-state index in [-0.39, 0.29) is 29.3 Å². The molecule has 2 aliphatic rings. The van der Waals surface area contributed by atoms with Crippen LogP contribution in [0.25, 0.3) is 0 Å². The first kappa shape index (κ1) is 20.1. The summed E-state index contributed by atoms with van der Waals surface area (Å²) >= 11 is 0. The van der Waals surface area contributed by atoms with Gasteiger partial charge < -0.3 is 14.2 Å². The van der Waals surface area contributed by atoms with Crippen molar-refractivity contribution in [2.24, 2.45) is 5.92 Å². The summed E-state index contributed by atoms with van der Waals surface area (Å²) < 4.78 is 43.2. The van der Waals surface area contributed by atoms with Gasteiger partial charge in [0.2, 0.25) is 10.0 Å². The summed E-state index contributed by atoms with van der Waals surface area (Å²) in [5.41, 5.74) is 0.221. The van der Waals surface area contributed by atoms with Crippen LogP contribution in [0.2, 0.25) is 0 Å². The Balaban J connectivity index is 1.77. The van der Waals surface area contributed by atoms with Crippen molar-refractivity contribution in [3.05, 3.63) is 23.8 Å². The molecule has 150 valence electrons. The molecule has 1 aliphatic carbocycles. The summed E-state index contributed by atoms with van der Waals surface area (Å²) in [6.45, 7) is 1.65. The van der Waals surface area contributed by atoms with Crippen LogP contribution in [0.4, 0.5) is 0 Å². The molecule has 0 bridgehead atoms. The molecule has 0 atom stereocenters. The van der Waals surface area contributed by atoms with Crippen LogP contribution in [-0.2, 0) is 19.5 Å². The van der Waals surface area contributed by atoms with Gasteiger partial charge in [-0.15, -0.1) is 0 Å². The second-order valence-electron chi connectivity index (χ2n) is 6.98. The first-order valence-electron chi connectivity index (χ1n) is 9.45. The zero-order chi connectivity index (χ0) is 19.3. The van der Waals surface area contributed by atoms with E-state index in [1.165, 1.54) is 42.8 Å². The van der Waals surface area contributed by atoms with Gasteiger partial charge in [-0.1, -0.05) is 19.3 Å². The number of benzene rings is 1. The predicted molar refractivity (Wildman–Crippen MR) is 99.4 cm³/mol. The largest absolute Gasteiger partial charge is 0.495 e. The lowest BCUT2D eigenvalue weighted by atomic mass is 9.90. The number of sulfonamides is 1. The molecular formula is C19H27NO6S. The quantitative estimate of drug-likeness (QED) is 0.686. The Hall–Kier alpha value is -1.64. The maximum Gasteiger partial charge on any atom is 0.338 e. The van der Waals surface area contributed by atoms with Crippen LogP contribution in [0.3, 0.4) is 0 Å². The molecule has 1 saturated carbocycles. The van der Waals surface area contributed by atoms with Gasteiger partial charge in [0.15, 0.2) is 0 Å². The van der Waals surface area contributed by atoms with Gasteiger partial charge in [-0.3, -0.25) is 0 Å². The molecule has 0 amide bonds. The average molecular weight is 397 g/mol. The van der Waals surface area contributed by atoms with Crippen LogP contribution in [-0.4, -0.2) is 58.7 Å². The fraction of sp³-hybridized carbons (Fsp3) is 0.632. The number of carbonyl (C=O) groups excluding carboxylic acids is 1. The molecule has 1 saturated heterocycles. The van der Waals surface area contributed by atoms with Gasteiger partial charge in [-0.25, -0.2) is 13.2 Å². The molecule has 7 nitrogen and oxygen atoms in total. The Morgan fingerprint density at radius 2 is 1.89 bits per heavy atom. The molecule has 2 fully saturated rings. The van der Waals surface area contributed by atoms with E-state index in [9.17, 15) is 13.2 Å². The number of carbonyl (C=O) groups is 1. The minimum atomic E-state index is -3.78. The summed E-state index contributed by atoms with van der Waals surface area (Å²) in [4.78, 5) is 12.4. The van der Waals surface area contributed by atoms with Crippen molar-refractivity contribution in [1.82, 2.24) is 4.31 Å². The van der Waals surface area contributed by atoms with Gasteiger partial charge in [0.25, 0.3) is 0 Å². The highest BCUT2D eigenvalue weighted by Crippen LogP contribution is 2.29. The lowest BCUT2D eigenvalue weighted by Gasteiger charge is -2.26. The molecule has 3 rings (SSSR count). The lowest BCUT2D eigenvalue weighted by molar-refractivity contribution is 0.0410. The van der Waals surface area contributed by atoms with Crippen LogP contribution in [0, 0.1) is 5.92 Å². The first-order chi connectivity index (χ1) is 13.0. The molecule has 0 radical (unpaired) electrons. The van der Waals surface area contributed by atoms with E-state index in [0.717, 1.165) is 12.8 Å². The molecule has 0 aromatic heterocycles. The van der Waals surface area contributed by atoms with Crippen LogP contribution in [0.1, 0.15) is 42.5 Å². The second-order valence-corrected chi connectivity index (χ2v) is 8.89. The molecule has 0 unspecified atom stereocenters. The van der Waals surface area contributed by atoms with Crippen molar-refractivity contribution >= 4 is 16.0 Å². The highest BCUT2D eigenvalue weighted by Gasteiger charge is 2.30. The number of methoxy groups -OCH3 is 1. The van der Waals surface area contributed by atoms with E-state index >= 15 is 0 Å². The van der Waals surface area contributed by atoms with Crippen molar-refractivity contribution in [3.63, 3.8) is 0 Å². The fourth-order valence-electron chi connectivity index (χ4n) is 3.56. The Bertz CT molecular complexity index is 751. The summed E-state index contributed by atoms with van der Waals surface area (Å²) in [7, 11) is -2.36. The van der Waals surface area contributed by atoms with Crippen LogP contribution < -0.4 is 4.74 Å². The van der Waals surface area contributed by atoms with Crippen LogP contribution in [0.15, 0.2) is 23.1 Å². The number of morpholine rings is 1. The minimum absolute atomic E-state index is 0.0148. The van der Waals surface area contributed by atoms with Crippen LogP contribution in [0.5, 0.6) is 5.75 Å². The maximum atomic E-state index is 13.0. The zero-order valence-electron chi connectivity index (χ0n) is 15.7. The number of esters is 1. The third-order valence-electron chi connectivity index (χ3n) is 5.16. The van der Waals surface area contributed by atoms with Gasteiger partial charge in [-0.2, -0.15) is 4.31 Å². The zero-order valence-corrected chi connectivity index (χ0v) is 16.5. The molecule has 0 spiro atoms. The molecule has 1 heterocycles. The molecule has 8 heteroatoms. The summed E-state index contributed by atoms with van der Waals surface area (Å²) in [6.07, 6.45) is 5.74. The standard InChI is InChI=1S/C19H27NO6S/c1-24-17-8-7-16(19(21)26-14-15-5-3-2-4-6-15)13-18(17)27(22,23)20-9-11-25-12-10-20/h7-8,13,15H,2-6,9-12,14H2,1H3. The van der Waals surface area contributed by atoms with Crippen molar-refractivity contribution < 1.29 is 27.4 Å². The molecule has 1 aromatic rings. The van der Waals surface area contributed by atoms with E-state index < -0.39 is 16.0 Å². The Kier molecular flexibility index (Phi) is 6.73. The number of nitrogens with zero attached hydrogens (tertiary/aromatic N) is 1. The SMILES string of the molecule is COc1ccc(C(=O)OCC2CCCCC2)cc1S(=O)(=O)N1CCOCC1. The van der Waals surface area contributed by atoms with Crippen molar-refractivity contribution in [1.29, 1.82) is 0 Å². The number of rotatable bonds is 6. The molecular weight excluding hydrogens is 370 g/mol. The number of hydrogen-bond acceptors (Lipinski definition) is 6. The Labute approximate surface area is 160 Å². The van der Waals surface area contributed by atoms with Gasteiger partial charge in [0.05, 0.1) is 32.5 Å². The van der Waals surface area contributed by atoms with Crippen LogP contribution >= 0.6 is 0 Å². The third kappa shape index (κ3) is 4.80. The minimum Gasteiger partial charge on any atom is -0.495 e. The van der Waals surface area contributed by atoms with Gasteiger partial charge in [0, 0.05) is 13.1 Å². The smallest absolute Gasteiger partial charge is 0.338 e. The predicted octanol–water partition coefficient (Wildman–Crippen LogP) is 2.45. The lowest BCUT2D eigenvalue weighted by Crippen LogP contribution is -2.40. The molecule has 1 aliphatic heterocycles. The summed E-state index contributed by atoms with van der Waals surface area (Å²) in [5.74, 6) is 0.115. The van der Waals surface area contributed by atoms with Crippen molar-refractivity contribution in [3.8, 4) is 5.75 Å². The summed E-state index contributed by atoms with van der Waals surface area (Å²) in [5, 5.41) is 0. The van der Waals surface area contributed by atoms with Gasteiger partial charge in [0.1, 0.15) is 10.6 Å². The Morgan fingerprint density at radius 3 is 2.56 bits per heavy atom. The fourth-order valence-corrected chi connectivity index (χ4v) is 5.15.